The minimum atomic E-state index is -1.27. The van der Waals surface area contributed by atoms with Gasteiger partial charge in [0.2, 0.25) is 0 Å². The van der Waals surface area contributed by atoms with Crippen LogP contribution >= 0.6 is 11.6 Å². The Morgan fingerprint density at radius 3 is 2.10 bits per heavy atom. The number of rotatable bonds is 6. The molecule has 2 unspecified atom stereocenters. The monoisotopic (exact) mass is 297 g/mol. The largest absolute Gasteiger partial charge is 0.480 e. The summed E-state index contributed by atoms with van der Waals surface area (Å²) < 4.78 is 0. The highest BCUT2D eigenvalue weighted by atomic mass is 35.5. The van der Waals surface area contributed by atoms with Gasteiger partial charge >= 0.3 is 5.97 Å². The average molecular weight is 298 g/mol. The normalized spacial score (nSPS) is 16.2. The fourth-order valence-electron chi connectivity index (χ4n) is 2.97. The molecule has 2 atom stereocenters. The van der Waals surface area contributed by atoms with Crippen LogP contribution < -0.4 is 5.73 Å². The molecule has 0 aliphatic rings. The molecular formula is C16H24ClNO2. The smallest absolute Gasteiger partial charge is 0.324 e. The summed E-state index contributed by atoms with van der Waals surface area (Å²) in [6, 6.07) is 7.31. The standard InChI is InChI=1S/C16H24ClNO2/c1-10(2)9-16(18,15(19)20)14(11(3)4)12-5-7-13(17)8-6-12/h5-8,10-11,14H,9,18H2,1-4H3,(H,19,20). The summed E-state index contributed by atoms with van der Waals surface area (Å²) in [5.74, 6) is -0.861. The lowest BCUT2D eigenvalue weighted by molar-refractivity contribution is -0.145. The third kappa shape index (κ3) is 3.74. The Kier molecular flexibility index (Phi) is 5.60. The number of carboxylic acids is 1. The van der Waals surface area contributed by atoms with Gasteiger partial charge in [-0.2, -0.15) is 0 Å². The van der Waals surface area contributed by atoms with Crippen molar-refractivity contribution in [2.24, 2.45) is 17.6 Å². The second-order valence-electron chi connectivity index (χ2n) is 6.22. The molecule has 3 nitrogen and oxygen atoms in total. The Morgan fingerprint density at radius 2 is 1.75 bits per heavy atom. The van der Waals surface area contributed by atoms with E-state index in [1.165, 1.54) is 0 Å². The van der Waals surface area contributed by atoms with E-state index < -0.39 is 11.5 Å². The van der Waals surface area contributed by atoms with Crippen LogP contribution in [0.4, 0.5) is 0 Å². The number of halogens is 1. The summed E-state index contributed by atoms with van der Waals surface area (Å²) >= 11 is 5.91. The van der Waals surface area contributed by atoms with E-state index in [-0.39, 0.29) is 17.8 Å². The molecule has 20 heavy (non-hydrogen) atoms. The molecule has 0 aromatic heterocycles. The Morgan fingerprint density at radius 1 is 1.25 bits per heavy atom. The Balaban J connectivity index is 3.28. The molecule has 0 aliphatic carbocycles. The third-order valence-corrected chi connectivity index (χ3v) is 3.85. The Hall–Kier alpha value is -1.06. The fraction of sp³-hybridized carbons (Fsp3) is 0.562. The van der Waals surface area contributed by atoms with Crippen LogP contribution in [0.5, 0.6) is 0 Å². The van der Waals surface area contributed by atoms with Crippen molar-refractivity contribution in [2.75, 3.05) is 0 Å². The number of nitrogens with two attached hydrogens (primary N) is 1. The molecule has 0 aliphatic heterocycles. The summed E-state index contributed by atoms with van der Waals surface area (Å²) in [5, 5.41) is 10.3. The number of carboxylic acid groups (broad SMARTS) is 1. The zero-order valence-electron chi connectivity index (χ0n) is 12.6. The van der Waals surface area contributed by atoms with E-state index in [1.807, 2.05) is 39.8 Å². The lowest BCUT2D eigenvalue weighted by Gasteiger charge is -2.38. The average Bonchev–Trinajstić information content (AvgIpc) is 2.30. The lowest BCUT2D eigenvalue weighted by atomic mass is 9.70. The van der Waals surface area contributed by atoms with Crippen LogP contribution in [-0.2, 0) is 4.79 Å². The van der Waals surface area contributed by atoms with Crippen LogP contribution in [0.1, 0.15) is 45.6 Å². The minimum absolute atomic E-state index is 0.121. The van der Waals surface area contributed by atoms with Crippen molar-refractivity contribution in [2.45, 2.75) is 45.6 Å². The Bertz CT molecular complexity index is 456. The maximum absolute atomic E-state index is 11.8. The fourth-order valence-corrected chi connectivity index (χ4v) is 3.10. The Labute approximate surface area is 126 Å². The molecule has 0 heterocycles. The second-order valence-corrected chi connectivity index (χ2v) is 6.65. The van der Waals surface area contributed by atoms with Crippen molar-refractivity contribution < 1.29 is 9.90 Å². The maximum atomic E-state index is 11.8. The van der Waals surface area contributed by atoms with Gasteiger partial charge in [0.05, 0.1) is 0 Å². The van der Waals surface area contributed by atoms with Gasteiger partial charge in [0.15, 0.2) is 0 Å². The topological polar surface area (TPSA) is 63.3 Å². The first-order valence-corrected chi connectivity index (χ1v) is 7.34. The van der Waals surface area contributed by atoms with Gasteiger partial charge in [-0.3, -0.25) is 4.79 Å². The van der Waals surface area contributed by atoms with E-state index in [1.54, 1.807) is 12.1 Å². The van der Waals surface area contributed by atoms with E-state index in [2.05, 4.69) is 0 Å². The number of hydrogen-bond donors (Lipinski definition) is 2. The molecule has 0 spiro atoms. The van der Waals surface area contributed by atoms with Gasteiger partial charge in [-0.25, -0.2) is 0 Å². The second kappa shape index (κ2) is 6.59. The van der Waals surface area contributed by atoms with Crippen molar-refractivity contribution >= 4 is 17.6 Å². The van der Waals surface area contributed by atoms with Crippen molar-refractivity contribution in [1.82, 2.24) is 0 Å². The lowest BCUT2D eigenvalue weighted by Crippen LogP contribution is -2.55. The first-order valence-electron chi connectivity index (χ1n) is 6.96. The maximum Gasteiger partial charge on any atom is 0.324 e. The quantitative estimate of drug-likeness (QED) is 0.837. The van der Waals surface area contributed by atoms with Gasteiger partial charge in [0, 0.05) is 10.9 Å². The van der Waals surface area contributed by atoms with Crippen LogP contribution in [0.3, 0.4) is 0 Å². The number of benzene rings is 1. The van der Waals surface area contributed by atoms with Crippen molar-refractivity contribution in [3.63, 3.8) is 0 Å². The van der Waals surface area contributed by atoms with E-state index in [4.69, 9.17) is 17.3 Å². The minimum Gasteiger partial charge on any atom is -0.480 e. The summed E-state index contributed by atoms with van der Waals surface area (Å²) in [5.41, 5.74) is 5.98. The molecule has 1 aromatic carbocycles. The van der Waals surface area contributed by atoms with Gasteiger partial charge < -0.3 is 10.8 Å². The third-order valence-electron chi connectivity index (χ3n) is 3.59. The van der Waals surface area contributed by atoms with Crippen LogP contribution in [0, 0.1) is 11.8 Å². The van der Waals surface area contributed by atoms with Gasteiger partial charge in [-0.1, -0.05) is 51.4 Å². The predicted molar refractivity (Wildman–Crippen MR) is 83.0 cm³/mol. The first-order chi connectivity index (χ1) is 9.18. The van der Waals surface area contributed by atoms with Crippen LogP contribution in [0.15, 0.2) is 24.3 Å². The molecule has 0 bridgehead atoms. The van der Waals surface area contributed by atoms with Crippen molar-refractivity contribution in [3.8, 4) is 0 Å². The molecular weight excluding hydrogens is 274 g/mol. The highest BCUT2D eigenvalue weighted by molar-refractivity contribution is 6.30. The van der Waals surface area contributed by atoms with E-state index >= 15 is 0 Å². The zero-order valence-corrected chi connectivity index (χ0v) is 13.3. The van der Waals surface area contributed by atoms with Crippen LogP contribution in [0.25, 0.3) is 0 Å². The number of carbonyl (C=O) groups is 1. The highest BCUT2D eigenvalue weighted by Gasteiger charge is 2.44. The predicted octanol–water partition coefficient (Wildman–Crippen LogP) is 3.91. The summed E-state index contributed by atoms with van der Waals surface area (Å²) in [6.07, 6.45) is 0.438. The van der Waals surface area contributed by atoms with Crippen molar-refractivity contribution in [1.29, 1.82) is 0 Å². The van der Waals surface area contributed by atoms with Gasteiger partial charge in [0.1, 0.15) is 5.54 Å². The number of hydrogen-bond acceptors (Lipinski definition) is 2. The highest BCUT2D eigenvalue weighted by Crippen LogP contribution is 2.38. The van der Waals surface area contributed by atoms with Gasteiger partial charge in [-0.05, 0) is 36.0 Å². The van der Waals surface area contributed by atoms with Gasteiger partial charge in [-0.15, -0.1) is 0 Å². The zero-order chi connectivity index (χ0) is 15.5. The summed E-state index contributed by atoms with van der Waals surface area (Å²) in [7, 11) is 0. The molecule has 112 valence electrons. The molecule has 0 saturated carbocycles. The molecule has 1 aromatic rings. The van der Waals surface area contributed by atoms with E-state index in [0.717, 1.165) is 5.56 Å². The first kappa shape index (κ1) is 17.0. The number of aliphatic carboxylic acids is 1. The van der Waals surface area contributed by atoms with Gasteiger partial charge in [0.25, 0.3) is 0 Å². The summed E-state index contributed by atoms with van der Waals surface area (Å²) in [6.45, 7) is 7.99. The van der Waals surface area contributed by atoms with Crippen LogP contribution in [-0.4, -0.2) is 16.6 Å². The molecule has 0 saturated heterocycles. The molecule has 0 radical (unpaired) electrons. The summed E-state index contributed by atoms with van der Waals surface area (Å²) in [4.78, 5) is 11.8. The molecule has 0 amide bonds. The molecule has 3 N–H and O–H groups in total. The van der Waals surface area contributed by atoms with Crippen molar-refractivity contribution in [3.05, 3.63) is 34.9 Å². The van der Waals surface area contributed by atoms with E-state index in [9.17, 15) is 9.90 Å². The molecule has 0 fully saturated rings. The SMILES string of the molecule is CC(C)CC(N)(C(=O)O)C(c1ccc(Cl)cc1)C(C)C. The van der Waals surface area contributed by atoms with Crippen LogP contribution in [0.2, 0.25) is 5.02 Å². The van der Waals surface area contributed by atoms with E-state index in [0.29, 0.717) is 11.4 Å². The molecule has 1 rings (SSSR count). The molecule has 4 heteroatoms.